The second-order valence-corrected chi connectivity index (χ2v) is 18.4. The minimum atomic E-state index is -0.0534. The van der Waals surface area contributed by atoms with Crippen molar-refractivity contribution in [1.29, 1.82) is 0 Å². The molecule has 0 saturated heterocycles. The normalized spacial score (nSPS) is 12.5. The van der Waals surface area contributed by atoms with Gasteiger partial charge in [0.05, 0.1) is 16.7 Å². The molecule has 14 rings (SSSR count). The number of aromatic nitrogens is 1. The van der Waals surface area contributed by atoms with Gasteiger partial charge in [0.2, 0.25) is 0 Å². The Balaban J connectivity index is 1.06. The highest BCUT2D eigenvalue weighted by Crippen LogP contribution is 2.49. The van der Waals surface area contributed by atoms with Gasteiger partial charge in [-0.2, -0.15) is 0 Å². The minimum Gasteiger partial charge on any atom is -0.311 e. The lowest BCUT2D eigenvalue weighted by Gasteiger charge is -2.44. The van der Waals surface area contributed by atoms with Crippen molar-refractivity contribution in [2.75, 3.05) is 9.80 Å². The molecule has 0 spiro atoms. The summed E-state index contributed by atoms with van der Waals surface area (Å²) in [6.45, 7) is -0.0534. The summed E-state index contributed by atoms with van der Waals surface area (Å²) in [5.41, 5.74) is 23.9. The van der Waals surface area contributed by atoms with Crippen molar-refractivity contribution in [2.24, 2.45) is 0 Å². The molecule has 0 aliphatic carbocycles. The Morgan fingerprint density at radius 2 is 0.743 bits per heavy atom. The van der Waals surface area contributed by atoms with Gasteiger partial charge in [-0.15, -0.1) is 0 Å². The average molecular weight is 890 g/mol. The van der Waals surface area contributed by atoms with Gasteiger partial charge in [-0.05, 0) is 128 Å². The lowest BCUT2D eigenvalue weighted by Crippen LogP contribution is -2.61. The zero-order valence-corrected chi connectivity index (χ0v) is 38.3. The van der Waals surface area contributed by atoms with Crippen LogP contribution in [0.15, 0.2) is 267 Å². The predicted octanol–water partition coefficient (Wildman–Crippen LogP) is 15.5. The molecule has 1 aromatic heterocycles. The molecule has 3 heterocycles. The maximum absolute atomic E-state index is 2.58. The van der Waals surface area contributed by atoms with Crippen LogP contribution in [-0.4, -0.2) is 11.3 Å². The maximum atomic E-state index is 2.58. The molecule has 11 aromatic carbocycles. The van der Waals surface area contributed by atoms with Crippen LogP contribution in [0.2, 0.25) is 0 Å². The Morgan fingerprint density at radius 3 is 1.39 bits per heavy atom. The van der Waals surface area contributed by atoms with Crippen molar-refractivity contribution in [3.63, 3.8) is 0 Å². The lowest BCUT2D eigenvalue weighted by atomic mass is 9.33. The fourth-order valence-electron chi connectivity index (χ4n) is 11.4. The van der Waals surface area contributed by atoms with Crippen molar-refractivity contribution in [2.45, 2.75) is 0 Å². The van der Waals surface area contributed by atoms with E-state index in [0.717, 1.165) is 17.1 Å². The third-order valence-electron chi connectivity index (χ3n) is 14.6. The molecule has 3 nitrogen and oxygen atoms in total. The van der Waals surface area contributed by atoms with Crippen LogP contribution in [0.5, 0.6) is 0 Å². The molecule has 70 heavy (non-hydrogen) atoms. The van der Waals surface area contributed by atoms with Crippen LogP contribution in [0, 0.1) is 0 Å². The van der Waals surface area contributed by atoms with Crippen molar-refractivity contribution < 1.29 is 0 Å². The summed E-state index contributed by atoms with van der Waals surface area (Å²) in [4.78, 5) is 5.09. The van der Waals surface area contributed by atoms with Gasteiger partial charge in [0.25, 0.3) is 6.71 Å². The molecule has 0 atom stereocenters. The van der Waals surface area contributed by atoms with E-state index < -0.39 is 0 Å². The highest BCUT2D eigenvalue weighted by Gasteiger charge is 2.44. The third kappa shape index (κ3) is 6.38. The Kier molecular flexibility index (Phi) is 9.31. The number of nitrogens with zero attached hydrogens (tertiary/aromatic N) is 3. The van der Waals surface area contributed by atoms with Crippen LogP contribution in [0.25, 0.3) is 72.0 Å². The van der Waals surface area contributed by atoms with Crippen LogP contribution in [0.3, 0.4) is 0 Å². The number of rotatable bonds is 7. The molecule has 326 valence electrons. The molecule has 0 N–H and O–H groups in total. The summed E-state index contributed by atoms with van der Waals surface area (Å²) in [5.74, 6) is 0. The molecule has 0 unspecified atom stereocenters. The molecular formula is C66H44BN3. The van der Waals surface area contributed by atoms with Crippen LogP contribution in [0.1, 0.15) is 0 Å². The highest BCUT2D eigenvalue weighted by atomic mass is 15.2. The van der Waals surface area contributed by atoms with Gasteiger partial charge in [0, 0.05) is 44.9 Å². The number of anilines is 6. The zero-order valence-electron chi connectivity index (χ0n) is 38.3. The number of hydrogen-bond donors (Lipinski definition) is 0. The van der Waals surface area contributed by atoms with E-state index >= 15 is 0 Å². The van der Waals surface area contributed by atoms with E-state index in [0.29, 0.717) is 0 Å². The van der Waals surface area contributed by atoms with Crippen LogP contribution < -0.4 is 26.2 Å². The average Bonchev–Trinajstić information content (AvgIpc) is 3.79. The summed E-state index contributed by atoms with van der Waals surface area (Å²) in [6, 6.07) is 98.1. The quantitative estimate of drug-likeness (QED) is 0.148. The molecule has 12 aromatic rings. The Morgan fingerprint density at radius 1 is 0.271 bits per heavy atom. The Bertz CT molecular complexity index is 3940. The largest absolute Gasteiger partial charge is 0.311 e. The molecule has 0 bridgehead atoms. The molecule has 4 heteroatoms. The molecule has 0 fully saturated rings. The van der Waals surface area contributed by atoms with Crippen LogP contribution >= 0.6 is 0 Å². The van der Waals surface area contributed by atoms with Gasteiger partial charge in [-0.25, -0.2) is 0 Å². The van der Waals surface area contributed by atoms with E-state index in [1.807, 2.05) is 0 Å². The molecule has 2 aliphatic heterocycles. The maximum Gasteiger partial charge on any atom is 0.252 e. The molecule has 0 amide bonds. The fraction of sp³-hybridized carbons (Fsp3) is 0. The summed E-state index contributed by atoms with van der Waals surface area (Å²) < 4.78 is 2.48. The number of fused-ring (bicyclic) bond motifs is 8. The van der Waals surface area contributed by atoms with E-state index in [9.17, 15) is 0 Å². The topological polar surface area (TPSA) is 11.4 Å². The van der Waals surface area contributed by atoms with Gasteiger partial charge in [-0.1, -0.05) is 200 Å². The Hall–Kier alpha value is -9.12. The summed E-state index contributed by atoms with van der Waals surface area (Å²) >= 11 is 0. The van der Waals surface area contributed by atoms with E-state index in [1.54, 1.807) is 0 Å². The number of benzene rings is 11. The fourth-order valence-corrected chi connectivity index (χ4v) is 11.4. The molecule has 0 radical (unpaired) electrons. The van der Waals surface area contributed by atoms with Crippen molar-refractivity contribution >= 4 is 79.0 Å². The summed E-state index contributed by atoms with van der Waals surface area (Å²) in [5, 5.41) is 2.46. The number of para-hydroxylation sites is 1. The van der Waals surface area contributed by atoms with Gasteiger partial charge >= 0.3 is 0 Å². The van der Waals surface area contributed by atoms with Gasteiger partial charge in [0.1, 0.15) is 0 Å². The Labute approximate surface area is 408 Å². The standard InChI is InChI=1S/C66H44BN3/c1-5-18-45(19-6-1)49-34-37-53(38-35-49)68-61-32-17-33-62-65(61)67(57-39-36-52(44-63(57)68)48-24-11-4-12-25-48)58-40-41-60-64(66(58)70(62)55-29-16-27-51(43-55)47-22-9-3-10-23-47)56-30-13-14-31-59(56)69(60)54-28-15-26-50(42-54)46-20-7-2-8-21-46/h1-44H. The summed E-state index contributed by atoms with van der Waals surface area (Å²) in [6.07, 6.45) is 0. The molecule has 2 aliphatic rings. The summed E-state index contributed by atoms with van der Waals surface area (Å²) in [7, 11) is 0. The minimum absolute atomic E-state index is 0.0534. The van der Waals surface area contributed by atoms with E-state index in [4.69, 9.17) is 0 Å². The highest BCUT2D eigenvalue weighted by molar-refractivity contribution is 7.00. The van der Waals surface area contributed by atoms with Crippen molar-refractivity contribution in [3.8, 4) is 50.2 Å². The first-order chi connectivity index (χ1) is 34.7. The predicted molar refractivity (Wildman–Crippen MR) is 297 cm³/mol. The van der Waals surface area contributed by atoms with Crippen LogP contribution in [-0.2, 0) is 0 Å². The first-order valence-electron chi connectivity index (χ1n) is 24.2. The van der Waals surface area contributed by atoms with Gasteiger partial charge in [-0.3, -0.25) is 0 Å². The second kappa shape index (κ2) is 16.3. The van der Waals surface area contributed by atoms with Crippen LogP contribution in [0.4, 0.5) is 34.1 Å². The first-order valence-corrected chi connectivity index (χ1v) is 24.2. The van der Waals surface area contributed by atoms with Gasteiger partial charge < -0.3 is 14.4 Å². The van der Waals surface area contributed by atoms with E-state index in [2.05, 4.69) is 281 Å². The SMILES string of the molecule is c1ccc(-c2ccc(N3c4cc(-c5ccccc5)ccc4B4c5ccc6c(c5N(c5cccc(-c7ccccc7)c5)c5cccc3c54)c3ccccc3n6-c3cccc(-c4ccccc4)c3)cc2)cc1. The smallest absolute Gasteiger partial charge is 0.252 e. The monoisotopic (exact) mass is 889 g/mol. The van der Waals surface area contributed by atoms with Crippen molar-refractivity contribution in [1.82, 2.24) is 4.57 Å². The second-order valence-electron chi connectivity index (χ2n) is 18.4. The lowest BCUT2D eigenvalue weighted by molar-refractivity contribution is 1.18. The first kappa shape index (κ1) is 40.0. The zero-order chi connectivity index (χ0) is 46.1. The van der Waals surface area contributed by atoms with E-state index in [-0.39, 0.29) is 6.71 Å². The van der Waals surface area contributed by atoms with E-state index in [1.165, 1.54) is 105 Å². The van der Waals surface area contributed by atoms with Crippen molar-refractivity contribution in [3.05, 3.63) is 267 Å². The third-order valence-corrected chi connectivity index (χ3v) is 14.6. The van der Waals surface area contributed by atoms with Gasteiger partial charge in [0.15, 0.2) is 0 Å². The number of hydrogen-bond acceptors (Lipinski definition) is 2. The molecule has 0 saturated carbocycles. The molecular weight excluding hydrogens is 846 g/mol.